The highest BCUT2D eigenvalue weighted by Crippen LogP contribution is 2.46. The predicted octanol–water partition coefficient (Wildman–Crippen LogP) is 7.65. The second kappa shape index (κ2) is 9.33. The Morgan fingerprint density at radius 1 is 1.11 bits per heavy atom. The Hall–Kier alpha value is -0.510. The van der Waals surface area contributed by atoms with Gasteiger partial charge in [-0.2, -0.15) is 26.3 Å². The maximum atomic E-state index is 12.6. The van der Waals surface area contributed by atoms with Gasteiger partial charge in [0.05, 0.1) is 5.56 Å². The molecule has 0 saturated heterocycles. The van der Waals surface area contributed by atoms with Crippen LogP contribution in [0, 0.1) is 0 Å². The summed E-state index contributed by atoms with van der Waals surface area (Å²) in [5.74, 6) is 0. The van der Waals surface area contributed by atoms with Gasteiger partial charge in [0.15, 0.2) is 0 Å². The molecule has 1 unspecified atom stereocenters. The van der Waals surface area contributed by atoms with Crippen molar-refractivity contribution in [3.63, 3.8) is 0 Å². The minimum atomic E-state index is -4.42. The van der Waals surface area contributed by atoms with Gasteiger partial charge in [-0.1, -0.05) is 50.1 Å². The fourth-order valence-electron chi connectivity index (χ4n) is 1.93. The molecule has 0 N–H and O–H groups in total. The molecule has 1 aliphatic rings. The third-order valence-corrected chi connectivity index (χ3v) is 5.28. The van der Waals surface area contributed by atoms with Crippen LogP contribution in [0.3, 0.4) is 0 Å². The number of aldehydes is 1. The average Bonchev–Trinajstić information content (AvgIpc) is 2.53. The molecule has 1 aromatic rings. The number of hydrogen-bond donors (Lipinski definition) is 0. The highest BCUT2D eigenvalue weighted by molar-refractivity contribution is 9.10. The van der Waals surface area contributed by atoms with Gasteiger partial charge in [-0.3, -0.25) is 4.79 Å². The van der Waals surface area contributed by atoms with E-state index in [9.17, 15) is 31.1 Å². The number of hydrogen-bond acceptors (Lipinski definition) is 1. The van der Waals surface area contributed by atoms with Crippen LogP contribution in [0.5, 0.6) is 0 Å². The Morgan fingerprint density at radius 3 is 2.15 bits per heavy atom. The van der Waals surface area contributed by atoms with Crippen LogP contribution in [0.1, 0.15) is 22.3 Å². The van der Waals surface area contributed by atoms with Gasteiger partial charge in [0, 0.05) is 10.0 Å². The van der Waals surface area contributed by atoms with Gasteiger partial charge in [0.1, 0.15) is 15.4 Å². The van der Waals surface area contributed by atoms with Crippen molar-refractivity contribution in [3.05, 3.63) is 57.6 Å². The zero-order valence-corrected chi connectivity index (χ0v) is 17.7. The van der Waals surface area contributed by atoms with Gasteiger partial charge >= 0.3 is 12.4 Å². The highest BCUT2D eigenvalue weighted by Gasteiger charge is 2.52. The summed E-state index contributed by atoms with van der Waals surface area (Å²) in [4.78, 5) is 9.35. The first-order valence-corrected chi connectivity index (χ1v) is 9.40. The number of carbonyl (C=O) groups is 1. The van der Waals surface area contributed by atoms with Gasteiger partial charge in [-0.25, -0.2) is 0 Å². The third kappa shape index (κ3) is 7.11. The molecule has 1 aromatic carbocycles. The molecule has 1 nitrogen and oxygen atoms in total. The van der Waals surface area contributed by atoms with Crippen molar-refractivity contribution in [1.82, 2.24) is 0 Å². The number of allylic oxidation sites excluding steroid dienone is 4. The monoisotopic (exact) mass is 560 g/mol. The molecule has 1 aliphatic carbocycles. The van der Waals surface area contributed by atoms with Crippen molar-refractivity contribution in [2.75, 3.05) is 0 Å². The van der Waals surface area contributed by atoms with Crippen LogP contribution in [-0.4, -0.2) is 21.6 Å². The van der Waals surface area contributed by atoms with Gasteiger partial charge in [0.25, 0.3) is 0 Å². The summed E-state index contributed by atoms with van der Waals surface area (Å²) in [6, 6.07) is 3.05. The molecule has 0 aromatic heterocycles. The number of halogens is 10. The van der Waals surface area contributed by atoms with Gasteiger partial charge < -0.3 is 0 Å². The third-order valence-electron chi connectivity index (χ3n) is 3.27. The fraction of sp³-hybridized carbons (Fsp3) is 0.312. The molecule has 0 amide bonds. The second-order valence-corrected chi connectivity index (χ2v) is 8.75. The molecular weight excluding hydrogens is 553 g/mol. The van der Waals surface area contributed by atoms with Gasteiger partial charge in [-0.05, 0) is 30.2 Å². The smallest absolute Gasteiger partial charge is 0.298 e. The molecule has 27 heavy (non-hydrogen) atoms. The Morgan fingerprint density at radius 2 is 1.70 bits per heavy atom. The summed E-state index contributed by atoms with van der Waals surface area (Å²) >= 11 is 16.6. The van der Waals surface area contributed by atoms with E-state index >= 15 is 0 Å². The zero-order chi connectivity index (χ0) is 21.0. The van der Waals surface area contributed by atoms with Crippen LogP contribution in [0.25, 0.3) is 0 Å². The number of rotatable bonds is 2. The van der Waals surface area contributed by atoms with Gasteiger partial charge in [-0.15, -0.1) is 23.2 Å². The molecule has 0 spiro atoms. The highest BCUT2D eigenvalue weighted by atomic mass is 79.9. The van der Waals surface area contributed by atoms with Crippen molar-refractivity contribution < 1.29 is 31.1 Å². The molecule has 0 fully saturated rings. The topological polar surface area (TPSA) is 17.1 Å². The maximum absolute atomic E-state index is 12.6. The first-order chi connectivity index (χ1) is 12.2. The molecule has 0 bridgehead atoms. The Labute approximate surface area is 177 Å². The van der Waals surface area contributed by atoms with E-state index in [0.29, 0.717) is 11.9 Å². The lowest BCUT2D eigenvalue weighted by Crippen LogP contribution is -2.39. The van der Waals surface area contributed by atoms with E-state index in [1.54, 1.807) is 0 Å². The van der Waals surface area contributed by atoms with E-state index in [2.05, 4.69) is 31.9 Å². The number of alkyl halides is 9. The van der Waals surface area contributed by atoms with E-state index in [1.165, 1.54) is 18.2 Å². The van der Waals surface area contributed by atoms with Crippen LogP contribution in [-0.2, 0) is 6.18 Å². The fourth-order valence-corrected chi connectivity index (χ4v) is 3.21. The van der Waals surface area contributed by atoms with Crippen molar-refractivity contribution in [1.29, 1.82) is 0 Å². The van der Waals surface area contributed by atoms with E-state index < -0.39 is 27.1 Å². The average molecular weight is 563 g/mol. The molecule has 0 aliphatic heterocycles. The van der Waals surface area contributed by atoms with Crippen molar-refractivity contribution in [2.45, 2.75) is 27.9 Å². The minimum absolute atomic E-state index is 0.00157. The summed E-state index contributed by atoms with van der Waals surface area (Å²) in [6.45, 7) is 0. The van der Waals surface area contributed by atoms with Crippen LogP contribution in [0.2, 0.25) is 0 Å². The summed E-state index contributed by atoms with van der Waals surface area (Å²) in [7, 11) is 0. The van der Waals surface area contributed by atoms with Crippen molar-refractivity contribution >= 4 is 61.3 Å². The number of carbonyl (C=O) groups excluding carboxylic acids is 1. The molecular formula is C16H10Br2Cl2F6O. The lowest BCUT2D eigenvalue weighted by atomic mass is 9.94. The zero-order valence-electron chi connectivity index (χ0n) is 13.0. The lowest BCUT2D eigenvalue weighted by molar-refractivity contribution is -0.145. The standard InChI is InChI=1S/C8H6BrCl2F3.C8H4BrF3O/c9-7(8(12,13)14)3-1-2-5(4-7)6(10)11;9-7-2-5(4-13)1-6(3-7)8(10,11)12/h1-3,6H,4H2;1-4H. The molecule has 1 atom stereocenters. The normalized spacial score (nSPS) is 20.0. The van der Waals surface area contributed by atoms with Crippen LogP contribution in [0.15, 0.2) is 46.5 Å². The molecule has 0 saturated carbocycles. The quantitative estimate of drug-likeness (QED) is 0.205. The predicted molar refractivity (Wildman–Crippen MR) is 99.6 cm³/mol. The summed E-state index contributed by atoms with van der Waals surface area (Å²) in [5, 5.41) is 0. The number of benzene rings is 1. The second-order valence-electron chi connectivity index (χ2n) is 5.33. The van der Waals surface area contributed by atoms with E-state index in [-0.39, 0.29) is 16.5 Å². The Balaban J connectivity index is 0.000000271. The van der Waals surface area contributed by atoms with Crippen LogP contribution < -0.4 is 0 Å². The largest absolute Gasteiger partial charge is 0.416 e. The first-order valence-electron chi connectivity index (χ1n) is 6.94. The Bertz CT molecular complexity index is 743. The van der Waals surface area contributed by atoms with Crippen molar-refractivity contribution in [3.8, 4) is 0 Å². The molecule has 2 rings (SSSR count). The maximum Gasteiger partial charge on any atom is 0.416 e. The van der Waals surface area contributed by atoms with E-state index in [4.69, 9.17) is 23.2 Å². The summed E-state index contributed by atoms with van der Waals surface area (Å²) in [6.07, 6.45) is -4.81. The molecule has 0 radical (unpaired) electrons. The van der Waals surface area contributed by atoms with Crippen LogP contribution in [0.4, 0.5) is 26.3 Å². The van der Waals surface area contributed by atoms with E-state index in [1.807, 2.05) is 0 Å². The van der Waals surface area contributed by atoms with Gasteiger partial charge in [0.2, 0.25) is 0 Å². The lowest BCUT2D eigenvalue weighted by Gasteiger charge is -2.30. The Kier molecular flexibility index (Phi) is 8.47. The molecule has 0 heterocycles. The molecule has 150 valence electrons. The summed E-state index contributed by atoms with van der Waals surface area (Å²) < 4.78 is 72.3. The van der Waals surface area contributed by atoms with Crippen molar-refractivity contribution in [2.24, 2.45) is 0 Å². The van der Waals surface area contributed by atoms with E-state index in [0.717, 1.165) is 18.2 Å². The minimum Gasteiger partial charge on any atom is -0.298 e. The van der Waals surface area contributed by atoms with Crippen LogP contribution >= 0.6 is 55.1 Å². The SMILES string of the molecule is FC(F)(F)C1(Br)C=CC=C(C(Cl)Cl)C1.O=Cc1cc(Br)cc(C(F)(F)F)c1. The summed E-state index contributed by atoms with van der Waals surface area (Å²) in [5.41, 5.74) is -0.476. The first kappa shape index (κ1) is 24.5. The molecule has 11 heteroatoms.